The Hall–Kier alpha value is -0.580. The minimum atomic E-state index is 0.672. The topological polar surface area (TPSA) is 24.5 Å². The van der Waals surface area contributed by atoms with Gasteiger partial charge in [-0.15, -0.1) is 0 Å². The van der Waals surface area contributed by atoms with E-state index in [-0.39, 0.29) is 0 Å². The highest BCUT2D eigenvalue weighted by atomic mass is 79.9. The van der Waals surface area contributed by atoms with Gasteiger partial charge in [-0.1, -0.05) is 15.9 Å². The summed E-state index contributed by atoms with van der Waals surface area (Å²) in [5, 5.41) is 3.31. The fourth-order valence-corrected chi connectivity index (χ4v) is 3.00. The molecule has 0 aliphatic carbocycles. The molecule has 1 aromatic carbocycles. The number of ether oxygens (including phenoxy) is 1. The SMILES string of the molecule is CN(Cc1cc(Br)cc2c1OCC2)C1CNC1. The number of nitrogens with one attached hydrogen (secondary N) is 1. The molecule has 0 spiro atoms. The molecule has 3 nitrogen and oxygen atoms in total. The highest BCUT2D eigenvalue weighted by molar-refractivity contribution is 9.10. The monoisotopic (exact) mass is 296 g/mol. The van der Waals surface area contributed by atoms with Crippen LogP contribution in [0.5, 0.6) is 5.75 Å². The largest absolute Gasteiger partial charge is 0.493 e. The van der Waals surface area contributed by atoms with Crippen LogP contribution in [0.1, 0.15) is 11.1 Å². The zero-order valence-electron chi connectivity index (χ0n) is 10.0. The van der Waals surface area contributed by atoms with Crippen molar-refractivity contribution in [2.75, 3.05) is 26.7 Å². The third-order valence-corrected chi connectivity index (χ3v) is 4.09. The second-order valence-electron chi connectivity index (χ2n) is 4.88. The first-order chi connectivity index (χ1) is 8.24. The van der Waals surface area contributed by atoms with Gasteiger partial charge in [0.2, 0.25) is 0 Å². The van der Waals surface area contributed by atoms with Gasteiger partial charge in [-0.2, -0.15) is 0 Å². The molecule has 17 heavy (non-hydrogen) atoms. The molecule has 0 unspecified atom stereocenters. The van der Waals surface area contributed by atoms with Crippen LogP contribution in [0.2, 0.25) is 0 Å². The highest BCUT2D eigenvalue weighted by Crippen LogP contribution is 2.33. The molecule has 2 heterocycles. The summed E-state index contributed by atoms with van der Waals surface area (Å²) in [6.45, 7) is 4.00. The first kappa shape index (κ1) is 11.5. The predicted molar refractivity (Wildman–Crippen MR) is 71.5 cm³/mol. The van der Waals surface area contributed by atoms with Gasteiger partial charge in [-0.3, -0.25) is 4.90 Å². The summed E-state index contributed by atoms with van der Waals surface area (Å²) in [4.78, 5) is 2.40. The lowest BCUT2D eigenvalue weighted by molar-refractivity contribution is 0.171. The minimum Gasteiger partial charge on any atom is -0.493 e. The number of benzene rings is 1. The first-order valence-electron chi connectivity index (χ1n) is 6.09. The average Bonchev–Trinajstić information content (AvgIpc) is 2.62. The molecule has 1 fully saturated rings. The van der Waals surface area contributed by atoms with E-state index in [2.05, 4.69) is 45.3 Å². The molecular formula is C13H17BrN2O. The molecule has 0 amide bonds. The summed E-state index contributed by atoms with van der Waals surface area (Å²) < 4.78 is 6.92. The third-order valence-electron chi connectivity index (χ3n) is 3.63. The summed E-state index contributed by atoms with van der Waals surface area (Å²) in [7, 11) is 2.19. The van der Waals surface area contributed by atoms with Gasteiger partial charge in [0.05, 0.1) is 6.61 Å². The molecule has 1 saturated heterocycles. The number of fused-ring (bicyclic) bond motifs is 1. The van der Waals surface area contributed by atoms with E-state index in [0.717, 1.165) is 42.9 Å². The van der Waals surface area contributed by atoms with Crippen molar-refractivity contribution >= 4 is 15.9 Å². The number of nitrogens with zero attached hydrogens (tertiary/aromatic N) is 1. The van der Waals surface area contributed by atoms with Gasteiger partial charge in [0.25, 0.3) is 0 Å². The van der Waals surface area contributed by atoms with E-state index in [9.17, 15) is 0 Å². The summed E-state index contributed by atoms with van der Waals surface area (Å²) in [6.07, 6.45) is 1.04. The van der Waals surface area contributed by atoms with Gasteiger partial charge < -0.3 is 10.1 Å². The molecule has 0 radical (unpaired) electrons. The first-order valence-corrected chi connectivity index (χ1v) is 6.88. The van der Waals surface area contributed by atoms with Crippen LogP contribution in [0.3, 0.4) is 0 Å². The fourth-order valence-electron chi connectivity index (χ4n) is 2.45. The normalized spacial score (nSPS) is 19.0. The summed E-state index contributed by atoms with van der Waals surface area (Å²) in [6, 6.07) is 5.04. The van der Waals surface area contributed by atoms with Crippen LogP contribution in [0.4, 0.5) is 0 Å². The molecule has 3 rings (SSSR count). The molecule has 4 heteroatoms. The van der Waals surface area contributed by atoms with Crippen molar-refractivity contribution in [1.82, 2.24) is 10.2 Å². The molecule has 1 N–H and O–H groups in total. The molecule has 0 aromatic heterocycles. The van der Waals surface area contributed by atoms with Crippen LogP contribution < -0.4 is 10.1 Å². The second-order valence-corrected chi connectivity index (χ2v) is 5.79. The summed E-state index contributed by atoms with van der Waals surface area (Å²) in [5.41, 5.74) is 2.65. The molecule has 0 bridgehead atoms. The Morgan fingerprint density at radius 1 is 1.47 bits per heavy atom. The molecule has 0 saturated carbocycles. The summed E-state index contributed by atoms with van der Waals surface area (Å²) >= 11 is 3.59. The predicted octanol–water partition coefficient (Wildman–Crippen LogP) is 1.79. The Bertz CT molecular complexity index is 432. The summed E-state index contributed by atoms with van der Waals surface area (Å²) in [5.74, 6) is 1.12. The Morgan fingerprint density at radius 2 is 2.29 bits per heavy atom. The zero-order valence-corrected chi connectivity index (χ0v) is 11.6. The van der Waals surface area contributed by atoms with E-state index in [0.29, 0.717) is 6.04 Å². The maximum atomic E-state index is 5.75. The Labute approximate surface area is 110 Å². The van der Waals surface area contributed by atoms with Crippen molar-refractivity contribution in [3.05, 3.63) is 27.7 Å². The zero-order chi connectivity index (χ0) is 11.8. The number of hydrogen-bond donors (Lipinski definition) is 1. The van der Waals surface area contributed by atoms with E-state index < -0.39 is 0 Å². The van der Waals surface area contributed by atoms with Crippen LogP contribution in [-0.2, 0) is 13.0 Å². The standard InChI is InChI=1S/C13H17BrN2O/c1-16(12-6-15-7-12)8-10-5-11(14)4-9-2-3-17-13(9)10/h4-5,12,15H,2-3,6-8H2,1H3. The van der Waals surface area contributed by atoms with Crippen LogP contribution >= 0.6 is 15.9 Å². The lowest BCUT2D eigenvalue weighted by Crippen LogP contribution is -2.55. The van der Waals surface area contributed by atoms with Crippen molar-refractivity contribution < 1.29 is 4.74 Å². The molecule has 0 atom stereocenters. The lowest BCUT2D eigenvalue weighted by atomic mass is 10.1. The van der Waals surface area contributed by atoms with Crippen molar-refractivity contribution in [2.45, 2.75) is 19.0 Å². The van der Waals surface area contributed by atoms with Crippen molar-refractivity contribution in [3.8, 4) is 5.75 Å². The van der Waals surface area contributed by atoms with Gasteiger partial charge >= 0.3 is 0 Å². The van der Waals surface area contributed by atoms with E-state index >= 15 is 0 Å². The number of likely N-dealkylation sites (N-methyl/N-ethyl adjacent to an activating group) is 1. The third kappa shape index (κ3) is 2.21. The van der Waals surface area contributed by atoms with Crippen LogP contribution in [0.25, 0.3) is 0 Å². The highest BCUT2D eigenvalue weighted by Gasteiger charge is 2.24. The van der Waals surface area contributed by atoms with E-state index in [1.165, 1.54) is 11.1 Å². The average molecular weight is 297 g/mol. The van der Waals surface area contributed by atoms with Gasteiger partial charge in [-0.25, -0.2) is 0 Å². The molecule has 92 valence electrons. The molecular weight excluding hydrogens is 280 g/mol. The van der Waals surface area contributed by atoms with Gasteiger partial charge in [-0.05, 0) is 24.7 Å². The minimum absolute atomic E-state index is 0.672. The van der Waals surface area contributed by atoms with Crippen LogP contribution in [-0.4, -0.2) is 37.7 Å². The van der Waals surface area contributed by atoms with Crippen LogP contribution in [0.15, 0.2) is 16.6 Å². The maximum Gasteiger partial charge on any atom is 0.127 e. The number of halogens is 1. The number of hydrogen-bond acceptors (Lipinski definition) is 3. The molecule has 2 aliphatic rings. The lowest BCUT2D eigenvalue weighted by Gasteiger charge is -2.35. The van der Waals surface area contributed by atoms with Gasteiger partial charge in [0, 0.05) is 42.1 Å². The van der Waals surface area contributed by atoms with E-state index in [1.807, 2.05) is 0 Å². The second kappa shape index (κ2) is 4.59. The van der Waals surface area contributed by atoms with Crippen molar-refractivity contribution in [3.63, 3.8) is 0 Å². The van der Waals surface area contributed by atoms with Crippen molar-refractivity contribution in [2.24, 2.45) is 0 Å². The van der Waals surface area contributed by atoms with E-state index in [1.54, 1.807) is 0 Å². The van der Waals surface area contributed by atoms with Gasteiger partial charge in [0.15, 0.2) is 0 Å². The maximum absolute atomic E-state index is 5.75. The van der Waals surface area contributed by atoms with Crippen LogP contribution in [0, 0.1) is 0 Å². The fraction of sp³-hybridized carbons (Fsp3) is 0.538. The van der Waals surface area contributed by atoms with Gasteiger partial charge in [0.1, 0.15) is 5.75 Å². The van der Waals surface area contributed by atoms with E-state index in [4.69, 9.17) is 4.74 Å². The Kier molecular flexibility index (Phi) is 3.11. The van der Waals surface area contributed by atoms with Crippen molar-refractivity contribution in [1.29, 1.82) is 0 Å². The molecule has 1 aromatic rings. The quantitative estimate of drug-likeness (QED) is 0.920. The Balaban J connectivity index is 1.82. The molecule has 2 aliphatic heterocycles. The Morgan fingerprint density at radius 3 is 3.00 bits per heavy atom. The number of rotatable bonds is 3. The smallest absolute Gasteiger partial charge is 0.127 e.